The average molecular weight is 487 g/mol. The number of aryl methyl sites for hydroxylation is 2. The molecule has 3 fully saturated rings. The van der Waals surface area contributed by atoms with Crippen LogP contribution in [0.2, 0.25) is 0 Å². The molecule has 3 N–H and O–H groups in total. The molecule has 1 aromatic heterocycles. The number of likely N-dealkylation sites (tertiary alicyclic amines) is 1. The third-order valence-electron chi connectivity index (χ3n) is 7.24. The number of imidazole rings is 1. The van der Waals surface area contributed by atoms with Gasteiger partial charge in [0.15, 0.2) is 0 Å². The second kappa shape index (κ2) is 11.9. The molecule has 5 rings (SSSR count). The Morgan fingerprint density at radius 3 is 2.57 bits per heavy atom. The molecule has 1 amide bonds. The van der Waals surface area contributed by atoms with Crippen LogP contribution in [0.4, 0.5) is 0 Å². The number of carbonyl (C=O) groups is 3. The smallest absolute Gasteiger partial charge is 0.290 e. The maximum absolute atomic E-state index is 12.6. The zero-order chi connectivity index (χ0) is 25.4. The van der Waals surface area contributed by atoms with E-state index in [0.717, 1.165) is 50.3 Å². The van der Waals surface area contributed by atoms with E-state index in [1.807, 2.05) is 43.6 Å². The van der Waals surface area contributed by atoms with Crippen LogP contribution in [0.25, 0.3) is 0 Å². The van der Waals surface area contributed by atoms with Crippen LogP contribution >= 0.6 is 0 Å². The standard InChI is InChI=1S/C23H30N4O2.2CH2O2/c1-16-3-5-17(6-4-16)22(28)25-13-18-19-14-27(11-8-21-24-10-12-26(21)2)15-23(19)9-7-20(18)29-23;2*2-1-3/h3-6,10,12,18-20H,7-9,11,13-15H2,1-2H3,(H,25,28);2*1H,(H,2,3)/t18-,19+,20+,23+;;/m0../s1. The van der Waals surface area contributed by atoms with Crippen molar-refractivity contribution in [3.63, 3.8) is 0 Å². The highest BCUT2D eigenvalue weighted by molar-refractivity contribution is 5.94. The van der Waals surface area contributed by atoms with Crippen LogP contribution in [-0.2, 0) is 27.8 Å². The van der Waals surface area contributed by atoms with Crippen molar-refractivity contribution in [2.45, 2.75) is 37.9 Å². The van der Waals surface area contributed by atoms with Crippen molar-refractivity contribution in [1.82, 2.24) is 19.8 Å². The summed E-state index contributed by atoms with van der Waals surface area (Å²) in [5.74, 6) is 2.08. The van der Waals surface area contributed by atoms with Gasteiger partial charge >= 0.3 is 0 Å². The van der Waals surface area contributed by atoms with Crippen LogP contribution in [0.1, 0.15) is 34.6 Å². The number of benzene rings is 1. The summed E-state index contributed by atoms with van der Waals surface area (Å²) in [5.41, 5.74) is 1.91. The van der Waals surface area contributed by atoms with Crippen LogP contribution in [0.3, 0.4) is 0 Å². The minimum atomic E-state index is -0.250. The van der Waals surface area contributed by atoms with Gasteiger partial charge in [-0.3, -0.25) is 19.3 Å². The van der Waals surface area contributed by atoms with Crippen molar-refractivity contribution < 1.29 is 29.3 Å². The normalized spacial score (nSPS) is 26.1. The van der Waals surface area contributed by atoms with E-state index >= 15 is 0 Å². The minimum absolute atomic E-state index is 0.00551. The molecule has 2 bridgehead atoms. The van der Waals surface area contributed by atoms with E-state index in [1.165, 1.54) is 5.56 Å². The summed E-state index contributed by atoms with van der Waals surface area (Å²) in [6.07, 6.45) is 7.41. The summed E-state index contributed by atoms with van der Waals surface area (Å²) in [7, 11) is 2.05. The lowest BCUT2D eigenvalue weighted by Gasteiger charge is -2.29. The second-order valence-electron chi connectivity index (χ2n) is 9.26. The molecule has 4 atom stereocenters. The van der Waals surface area contributed by atoms with Gasteiger partial charge in [-0.15, -0.1) is 0 Å². The van der Waals surface area contributed by atoms with E-state index in [-0.39, 0.29) is 24.5 Å². The first-order valence-electron chi connectivity index (χ1n) is 11.7. The van der Waals surface area contributed by atoms with Gasteiger partial charge in [0.1, 0.15) is 5.82 Å². The molecule has 10 nitrogen and oxygen atoms in total. The number of fused-ring (bicyclic) bond motifs is 1. The highest BCUT2D eigenvalue weighted by atomic mass is 16.5. The molecule has 0 unspecified atom stereocenters. The Hall–Kier alpha value is -3.24. The molecular weight excluding hydrogens is 452 g/mol. The summed E-state index contributed by atoms with van der Waals surface area (Å²) in [4.78, 5) is 36.3. The van der Waals surface area contributed by atoms with Crippen molar-refractivity contribution in [2.75, 3.05) is 26.2 Å². The monoisotopic (exact) mass is 486 g/mol. The number of nitrogens with one attached hydrogen (secondary N) is 1. The van der Waals surface area contributed by atoms with Gasteiger partial charge in [0, 0.05) is 69.4 Å². The zero-order valence-corrected chi connectivity index (χ0v) is 20.2. The fourth-order valence-electron chi connectivity index (χ4n) is 5.64. The Balaban J connectivity index is 0.000000520. The van der Waals surface area contributed by atoms with Gasteiger partial charge in [-0.25, -0.2) is 4.98 Å². The molecular formula is C25H34N4O6. The third kappa shape index (κ3) is 6.07. The summed E-state index contributed by atoms with van der Waals surface area (Å²) >= 11 is 0. The molecule has 10 heteroatoms. The zero-order valence-electron chi connectivity index (χ0n) is 20.2. The number of ether oxygens (including phenoxy) is 1. The number of carbonyl (C=O) groups excluding carboxylic acids is 1. The van der Waals surface area contributed by atoms with Gasteiger partial charge in [-0.05, 0) is 31.9 Å². The fourth-order valence-corrected chi connectivity index (χ4v) is 5.64. The number of rotatable bonds is 6. The van der Waals surface area contributed by atoms with Gasteiger partial charge < -0.3 is 24.8 Å². The van der Waals surface area contributed by atoms with Gasteiger partial charge in [-0.2, -0.15) is 0 Å². The Bertz CT molecular complexity index is 988. The molecule has 3 aliphatic rings. The molecule has 3 aliphatic heterocycles. The average Bonchev–Trinajstić information content (AvgIpc) is 3.58. The Labute approximate surface area is 204 Å². The predicted octanol–water partition coefficient (Wildman–Crippen LogP) is 1.58. The SMILES string of the molecule is Cc1ccc(C(=O)NC[C@H]2[C@H]3CN(CCc4nccn4C)C[C@]34CC[C@H]2O4)cc1.O=CO.O=CO. The molecule has 0 radical (unpaired) electrons. The van der Waals surface area contributed by atoms with Crippen molar-refractivity contribution in [3.05, 3.63) is 53.6 Å². The van der Waals surface area contributed by atoms with Crippen molar-refractivity contribution in [1.29, 1.82) is 0 Å². The van der Waals surface area contributed by atoms with E-state index in [0.29, 0.717) is 24.5 Å². The number of aromatic nitrogens is 2. The van der Waals surface area contributed by atoms with Gasteiger partial charge in [0.25, 0.3) is 18.9 Å². The summed E-state index contributed by atoms with van der Waals surface area (Å²) in [5, 5.41) is 17.0. The van der Waals surface area contributed by atoms with Crippen LogP contribution in [0, 0.1) is 18.8 Å². The third-order valence-corrected chi connectivity index (χ3v) is 7.24. The lowest BCUT2D eigenvalue weighted by atomic mass is 9.73. The molecule has 35 heavy (non-hydrogen) atoms. The Kier molecular flexibility index (Phi) is 9.00. The van der Waals surface area contributed by atoms with Crippen molar-refractivity contribution in [3.8, 4) is 0 Å². The number of hydrogen-bond donors (Lipinski definition) is 3. The number of nitrogens with zero attached hydrogens (tertiary/aromatic N) is 3. The van der Waals surface area contributed by atoms with Gasteiger partial charge in [0.2, 0.25) is 0 Å². The first-order chi connectivity index (χ1) is 16.9. The molecule has 1 spiro atoms. The molecule has 0 aliphatic carbocycles. The summed E-state index contributed by atoms with van der Waals surface area (Å²) < 4.78 is 8.63. The Morgan fingerprint density at radius 2 is 1.94 bits per heavy atom. The van der Waals surface area contributed by atoms with E-state index in [1.54, 1.807) is 0 Å². The Morgan fingerprint density at radius 1 is 1.26 bits per heavy atom. The molecule has 4 heterocycles. The van der Waals surface area contributed by atoms with E-state index in [9.17, 15) is 4.79 Å². The molecule has 3 saturated heterocycles. The number of carboxylic acid groups (broad SMARTS) is 2. The quantitative estimate of drug-likeness (QED) is 0.524. The van der Waals surface area contributed by atoms with Crippen molar-refractivity contribution in [2.24, 2.45) is 18.9 Å². The van der Waals surface area contributed by atoms with Gasteiger partial charge in [-0.1, -0.05) is 17.7 Å². The number of hydrogen-bond acceptors (Lipinski definition) is 6. The maximum atomic E-state index is 12.6. The summed E-state index contributed by atoms with van der Waals surface area (Å²) in [6.45, 7) is 5.33. The lowest BCUT2D eigenvalue weighted by molar-refractivity contribution is -0.123. The van der Waals surface area contributed by atoms with Crippen LogP contribution in [0.5, 0.6) is 0 Å². The van der Waals surface area contributed by atoms with Crippen molar-refractivity contribution >= 4 is 18.9 Å². The minimum Gasteiger partial charge on any atom is -0.483 e. The van der Waals surface area contributed by atoms with Crippen LogP contribution in [0.15, 0.2) is 36.7 Å². The van der Waals surface area contributed by atoms with Crippen LogP contribution in [-0.4, -0.2) is 81.4 Å². The molecule has 1 aromatic carbocycles. The van der Waals surface area contributed by atoms with Crippen LogP contribution < -0.4 is 5.32 Å². The highest BCUT2D eigenvalue weighted by Gasteiger charge is 2.62. The number of amides is 1. The van der Waals surface area contributed by atoms with E-state index < -0.39 is 0 Å². The molecule has 0 saturated carbocycles. The predicted molar refractivity (Wildman–Crippen MR) is 128 cm³/mol. The largest absolute Gasteiger partial charge is 0.483 e. The van der Waals surface area contributed by atoms with Gasteiger partial charge in [0.05, 0.1) is 11.7 Å². The highest BCUT2D eigenvalue weighted by Crippen LogP contribution is 2.54. The topological polar surface area (TPSA) is 134 Å². The fraction of sp³-hybridized carbons (Fsp3) is 0.520. The first-order valence-corrected chi connectivity index (χ1v) is 11.7. The molecule has 190 valence electrons. The lowest BCUT2D eigenvalue weighted by Crippen LogP contribution is -2.41. The second-order valence-corrected chi connectivity index (χ2v) is 9.26. The van der Waals surface area contributed by atoms with E-state index in [2.05, 4.69) is 26.8 Å². The van der Waals surface area contributed by atoms with E-state index in [4.69, 9.17) is 24.5 Å². The maximum Gasteiger partial charge on any atom is 0.290 e. The summed E-state index contributed by atoms with van der Waals surface area (Å²) in [6, 6.07) is 7.78. The first kappa shape index (κ1) is 26.4. The molecule has 2 aromatic rings.